The minimum absolute atomic E-state index is 0.0479. The van der Waals surface area contributed by atoms with Crippen LogP contribution in [0.1, 0.15) is 36.4 Å². The third-order valence-corrected chi connectivity index (χ3v) is 5.26. The summed E-state index contributed by atoms with van der Waals surface area (Å²) in [5.41, 5.74) is 1.86. The van der Waals surface area contributed by atoms with Crippen molar-refractivity contribution in [2.75, 3.05) is 13.1 Å². The SMILES string of the molecule is O=C(CCC1CCNC1)NC(c1ccc(Cl)cc1)c1ccccc1Cl. The van der Waals surface area contributed by atoms with Gasteiger partial charge in [0.05, 0.1) is 6.04 Å². The Morgan fingerprint density at radius 3 is 2.60 bits per heavy atom. The number of hydrogen-bond donors (Lipinski definition) is 2. The van der Waals surface area contributed by atoms with Crippen molar-refractivity contribution >= 4 is 29.1 Å². The lowest BCUT2D eigenvalue weighted by molar-refractivity contribution is -0.121. The van der Waals surface area contributed by atoms with Crippen LogP contribution in [0.3, 0.4) is 0 Å². The van der Waals surface area contributed by atoms with Crippen LogP contribution in [0.4, 0.5) is 0 Å². The summed E-state index contributed by atoms with van der Waals surface area (Å²) in [4.78, 5) is 12.5. The maximum absolute atomic E-state index is 12.5. The van der Waals surface area contributed by atoms with Gasteiger partial charge in [0.15, 0.2) is 0 Å². The molecule has 1 heterocycles. The monoisotopic (exact) mass is 376 g/mol. The molecule has 2 aromatic carbocycles. The quantitative estimate of drug-likeness (QED) is 0.773. The predicted octanol–water partition coefficient (Wildman–Crippen LogP) is 4.59. The van der Waals surface area contributed by atoms with Crippen LogP contribution in [0.2, 0.25) is 10.0 Å². The van der Waals surface area contributed by atoms with Gasteiger partial charge in [0, 0.05) is 16.5 Å². The van der Waals surface area contributed by atoms with Gasteiger partial charge in [0.25, 0.3) is 0 Å². The summed E-state index contributed by atoms with van der Waals surface area (Å²) in [7, 11) is 0. The summed E-state index contributed by atoms with van der Waals surface area (Å²) in [6.45, 7) is 2.07. The molecule has 1 fully saturated rings. The van der Waals surface area contributed by atoms with Gasteiger partial charge in [-0.15, -0.1) is 0 Å². The molecule has 1 amide bonds. The van der Waals surface area contributed by atoms with Gasteiger partial charge in [-0.1, -0.05) is 53.5 Å². The molecule has 2 aromatic rings. The zero-order chi connectivity index (χ0) is 17.6. The Morgan fingerprint density at radius 1 is 1.16 bits per heavy atom. The fourth-order valence-electron chi connectivity index (χ4n) is 3.23. The van der Waals surface area contributed by atoms with Crippen molar-refractivity contribution in [3.8, 4) is 0 Å². The number of carbonyl (C=O) groups excluding carboxylic acids is 1. The molecule has 0 saturated carbocycles. The van der Waals surface area contributed by atoms with Crippen molar-refractivity contribution in [3.63, 3.8) is 0 Å². The van der Waals surface area contributed by atoms with E-state index >= 15 is 0 Å². The lowest BCUT2D eigenvalue weighted by Crippen LogP contribution is -2.29. The Labute approximate surface area is 158 Å². The van der Waals surface area contributed by atoms with Crippen molar-refractivity contribution in [1.29, 1.82) is 0 Å². The standard InChI is InChI=1S/C20H22Cl2N2O/c21-16-8-6-15(7-9-16)20(17-3-1-2-4-18(17)22)24-19(25)10-5-14-11-12-23-13-14/h1-4,6-9,14,20,23H,5,10-13H2,(H,24,25). The van der Waals surface area contributed by atoms with E-state index in [9.17, 15) is 4.79 Å². The van der Waals surface area contributed by atoms with E-state index < -0.39 is 0 Å². The average Bonchev–Trinajstić information content (AvgIpc) is 3.13. The van der Waals surface area contributed by atoms with Crippen LogP contribution < -0.4 is 10.6 Å². The second kappa shape index (κ2) is 8.70. The molecule has 2 unspecified atom stereocenters. The lowest BCUT2D eigenvalue weighted by Gasteiger charge is -2.21. The van der Waals surface area contributed by atoms with E-state index in [4.69, 9.17) is 23.2 Å². The molecule has 1 aliphatic rings. The Kier molecular flexibility index (Phi) is 6.35. The van der Waals surface area contributed by atoms with E-state index in [0.29, 0.717) is 22.4 Å². The smallest absolute Gasteiger partial charge is 0.220 e. The predicted molar refractivity (Wildman–Crippen MR) is 103 cm³/mol. The molecule has 0 radical (unpaired) electrons. The molecule has 3 rings (SSSR count). The van der Waals surface area contributed by atoms with Crippen molar-refractivity contribution in [2.45, 2.75) is 25.3 Å². The van der Waals surface area contributed by atoms with Crippen LogP contribution in [0.5, 0.6) is 0 Å². The number of nitrogens with one attached hydrogen (secondary N) is 2. The maximum Gasteiger partial charge on any atom is 0.220 e. The van der Waals surface area contributed by atoms with Gasteiger partial charge in [-0.3, -0.25) is 4.79 Å². The molecule has 3 nitrogen and oxygen atoms in total. The number of halogens is 2. The van der Waals surface area contributed by atoms with E-state index in [1.807, 2.05) is 48.5 Å². The van der Waals surface area contributed by atoms with E-state index in [-0.39, 0.29) is 11.9 Å². The fraction of sp³-hybridized carbons (Fsp3) is 0.350. The van der Waals surface area contributed by atoms with Crippen LogP contribution in [-0.2, 0) is 4.79 Å². The first-order chi connectivity index (χ1) is 12.1. The highest BCUT2D eigenvalue weighted by Crippen LogP contribution is 2.29. The van der Waals surface area contributed by atoms with Gasteiger partial charge < -0.3 is 10.6 Å². The molecule has 0 spiro atoms. The first kappa shape index (κ1) is 18.2. The highest BCUT2D eigenvalue weighted by molar-refractivity contribution is 6.31. The number of benzene rings is 2. The third kappa shape index (κ3) is 4.97. The van der Waals surface area contributed by atoms with E-state index in [2.05, 4.69) is 10.6 Å². The normalized spacial score (nSPS) is 18.1. The molecule has 1 saturated heterocycles. The molecule has 5 heteroatoms. The van der Waals surface area contributed by atoms with Crippen LogP contribution >= 0.6 is 23.2 Å². The highest BCUT2D eigenvalue weighted by atomic mass is 35.5. The Bertz CT molecular complexity index is 712. The summed E-state index contributed by atoms with van der Waals surface area (Å²) in [6, 6.07) is 14.8. The zero-order valence-corrected chi connectivity index (χ0v) is 15.5. The first-order valence-electron chi connectivity index (χ1n) is 8.63. The van der Waals surface area contributed by atoms with Crippen molar-refractivity contribution in [2.24, 2.45) is 5.92 Å². The Balaban J connectivity index is 1.75. The van der Waals surface area contributed by atoms with Gasteiger partial charge in [-0.25, -0.2) is 0 Å². The minimum atomic E-state index is -0.278. The third-order valence-electron chi connectivity index (χ3n) is 4.67. The zero-order valence-electron chi connectivity index (χ0n) is 14.0. The summed E-state index contributed by atoms with van der Waals surface area (Å²) in [5.74, 6) is 0.645. The van der Waals surface area contributed by atoms with E-state index in [0.717, 1.165) is 37.1 Å². The lowest BCUT2D eigenvalue weighted by atomic mass is 9.97. The second-order valence-corrected chi connectivity index (χ2v) is 7.31. The van der Waals surface area contributed by atoms with Crippen molar-refractivity contribution in [1.82, 2.24) is 10.6 Å². The second-order valence-electron chi connectivity index (χ2n) is 6.47. The van der Waals surface area contributed by atoms with Gasteiger partial charge in [-0.05, 0) is 61.2 Å². The molecular weight excluding hydrogens is 355 g/mol. The maximum atomic E-state index is 12.5. The van der Waals surface area contributed by atoms with Crippen LogP contribution in [0, 0.1) is 5.92 Å². The molecular formula is C20H22Cl2N2O. The summed E-state index contributed by atoms with van der Waals surface area (Å²) in [5, 5.41) is 7.80. The fourth-order valence-corrected chi connectivity index (χ4v) is 3.61. The topological polar surface area (TPSA) is 41.1 Å². The van der Waals surface area contributed by atoms with Crippen LogP contribution in [-0.4, -0.2) is 19.0 Å². The van der Waals surface area contributed by atoms with Crippen LogP contribution in [0.15, 0.2) is 48.5 Å². The highest BCUT2D eigenvalue weighted by Gasteiger charge is 2.21. The average molecular weight is 377 g/mol. The van der Waals surface area contributed by atoms with Crippen molar-refractivity contribution < 1.29 is 4.79 Å². The van der Waals surface area contributed by atoms with Gasteiger partial charge in [0.2, 0.25) is 5.91 Å². The van der Waals surface area contributed by atoms with E-state index in [1.54, 1.807) is 0 Å². The van der Waals surface area contributed by atoms with E-state index in [1.165, 1.54) is 0 Å². The van der Waals surface area contributed by atoms with Crippen molar-refractivity contribution in [3.05, 3.63) is 69.7 Å². The Morgan fingerprint density at radius 2 is 1.92 bits per heavy atom. The number of rotatable bonds is 6. The summed E-state index contributed by atoms with van der Waals surface area (Å²) in [6.07, 6.45) is 2.59. The molecule has 0 aliphatic carbocycles. The van der Waals surface area contributed by atoms with Gasteiger partial charge in [0.1, 0.15) is 0 Å². The van der Waals surface area contributed by atoms with Gasteiger partial charge in [-0.2, -0.15) is 0 Å². The molecule has 1 aliphatic heterocycles. The van der Waals surface area contributed by atoms with Crippen LogP contribution in [0.25, 0.3) is 0 Å². The summed E-state index contributed by atoms with van der Waals surface area (Å²) < 4.78 is 0. The Hall–Kier alpha value is -1.55. The number of carbonyl (C=O) groups is 1. The minimum Gasteiger partial charge on any atom is -0.345 e. The first-order valence-corrected chi connectivity index (χ1v) is 9.39. The molecule has 132 valence electrons. The molecule has 25 heavy (non-hydrogen) atoms. The summed E-state index contributed by atoms with van der Waals surface area (Å²) >= 11 is 12.4. The molecule has 0 bridgehead atoms. The molecule has 0 aromatic heterocycles. The number of amides is 1. The molecule has 2 atom stereocenters. The van der Waals surface area contributed by atoms with Gasteiger partial charge >= 0.3 is 0 Å². The largest absolute Gasteiger partial charge is 0.345 e. The molecule has 2 N–H and O–H groups in total. The number of hydrogen-bond acceptors (Lipinski definition) is 2.